The number of halogens is 1. The van der Waals surface area contributed by atoms with E-state index in [1.54, 1.807) is 25.3 Å². The summed E-state index contributed by atoms with van der Waals surface area (Å²) in [6, 6.07) is 10.0. The molecule has 0 unspecified atom stereocenters. The van der Waals surface area contributed by atoms with Crippen LogP contribution in [0.4, 0.5) is 11.5 Å². The summed E-state index contributed by atoms with van der Waals surface area (Å²) < 4.78 is 37.8. The van der Waals surface area contributed by atoms with E-state index in [0.717, 1.165) is 5.39 Å². The fourth-order valence-corrected chi connectivity index (χ4v) is 4.69. The van der Waals surface area contributed by atoms with E-state index in [1.807, 2.05) is 6.07 Å². The van der Waals surface area contributed by atoms with Crippen LogP contribution in [0.3, 0.4) is 0 Å². The lowest BCUT2D eigenvalue weighted by molar-refractivity contribution is 0.0730. The molecule has 152 valence electrons. The van der Waals surface area contributed by atoms with Gasteiger partial charge in [0, 0.05) is 24.5 Å². The molecule has 3 aromatic rings. The predicted molar refractivity (Wildman–Crippen MR) is 110 cm³/mol. The van der Waals surface area contributed by atoms with Crippen LogP contribution in [0.15, 0.2) is 47.6 Å². The molecule has 10 heteroatoms. The number of nitrogens with one attached hydrogen (secondary N) is 1. The number of morpholine rings is 1. The highest BCUT2D eigenvalue weighted by molar-refractivity contribution is 7.89. The number of aromatic nitrogens is 2. The molecule has 0 amide bonds. The molecule has 2 aromatic carbocycles. The molecule has 0 bridgehead atoms. The third kappa shape index (κ3) is 3.99. The number of rotatable bonds is 5. The van der Waals surface area contributed by atoms with Crippen molar-refractivity contribution in [3.05, 3.63) is 47.7 Å². The van der Waals surface area contributed by atoms with Gasteiger partial charge >= 0.3 is 0 Å². The molecule has 1 N–H and O–H groups in total. The Hall–Kier alpha value is -2.46. The van der Waals surface area contributed by atoms with Gasteiger partial charge in [0.1, 0.15) is 17.9 Å². The summed E-state index contributed by atoms with van der Waals surface area (Å²) in [5.74, 6) is 1.19. The first-order valence-electron chi connectivity index (χ1n) is 8.92. The Balaban J connectivity index is 1.69. The van der Waals surface area contributed by atoms with Crippen LogP contribution in [0.1, 0.15) is 0 Å². The number of benzene rings is 2. The van der Waals surface area contributed by atoms with E-state index in [1.165, 1.54) is 22.8 Å². The van der Waals surface area contributed by atoms with Gasteiger partial charge in [-0.2, -0.15) is 4.31 Å². The maximum absolute atomic E-state index is 12.9. The monoisotopic (exact) mass is 434 g/mol. The summed E-state index contributed by atoms with van der Waals surface area (Å²) in [7, 11) is -2.05. The van der Waals surface area contributed by atoms with E-state index in [9.17, 15) is 8.42 Å². The molecule has 29 heavy (non-hydrogen) atoms. The Morgan fingerprint density at radius 2 is 1.93 bits per heavy atom. The largest absolute Gasteiger partial charge is 0.497 e. The molecule has 1 fully saturated rings. The summed E-state index contributed by atoms with van der Waals surface area (Å²) in [6.07, 6.45) is 1.42. The zero-order valence-electron chi connectivity index (χ0n) is 15.6. The Morgan fingerprint density at radius 3 is 2.69 bits per heavy atom. The number of hydrogen-bond donors (Lipinski definition) is 1. The van der Waals surface area contributed by atoms with Gasteiger partial charge in [0.15, 0.2) is 0 Å². The molecule has 1 aliphatic rings. The fourth-order valence-electron chi connectivity index (χ4n) is 3.09. The number of ether oxygens (including phenoxy) is 2. The second kappa shape index (κ2) is 8.11. The second-order valence-electron chi connectivity index (χ2n) is 6.39. The maximum Gasteiger partial charge on any atom is 0.243 e. The van der Waals surface area contributed by atoms with E-state index < -0.39 is 10.0 Å². The van der Waals surface area contributed by atoms with Crippen molar-refractivity contribution < 1.29 is 17.9 Å². The van der Waals surface area contributed by atoms with Crippen molar-refractivity contribution in [1.82, 2.24) is 14.3 Å². The number of methoxy groups -OCH3 is 1. The molecule has 0 saturated carbocycles. The molecule has 0 radical (unpaired) electrons. The van der Waals surface area contributed by atoms with Crippen LogP contribution in [0.25, 0.3) is 10.9 Å². The predicted octanol–water partition coefficient (Wildman–Crippen LogP) is 3.06. The van der Waals surface area contributed by atoms with Crippen LogP contribution >= 0.6 is 11.6 Å². The molecule has 2 heterocycles. The SMILES string of the molecule is COc1ccc2c(Nc3cc(S(=O)(=O)N4CCOCC4)ccc3Cl)ncnc2c1. The molecule has 1 saturated heterocycles. The highest BCUT2D eigenvalue weighted by Crippen LogP contribution is 2.32. The van der Waals surface area contributed by atoms with Gasteiger partial charge in [0.2, 0.25) is 10.0 Å². The molecular formula is C19H19ClN4O4S. The third-order valence-corrected chi connectivity index (χ3v) is 6.87. The molecule has 1 aliphatic heterocycles. The van der Waals surface area contributed by atoms with Crippen molar-refractivity contribution in [3.8, 4) is 5.75 Å². The lowest BCUT2D eigenvalue weighted by Crippen LogP contribution is -2.40. The molecule has 0 spiro atoms. The minimum Gasteiger partial charge on any atom is -0.497 e. The average molecular weight is 435 g/mol. The third-order valence-electron chi connectivity index (χ3n) is 4.64. The highest BCUT2D eigenvalue weighted by Gasteiger charge is 2.27. The standard InChI is InChI=1S/C19H19ClN4O4S/c1-27-13-2-4-15-17(10-13)21-12-22-19(15)23-18-11-14(3-5-16(18)20)29(25,26)24-6-8-28-9-7-24/h2-5,10-12H,6-9H2,1H3,(H,21,22,23). The molecular weight excluding hydrogens is 416 g/mol. The number of hydrogen-bond acceptors (Lipinski definition) is 7. The van der Waals surface area contributed by atoms with Crippen molar-refractivity contribution in [1.29, 1.82) is 0 Å². The van der Waals surface area contributed by atoms with Crippen LogP contribution in [0.2, 0.25) is 5.02 Å². The van der Waals surface area contributed by atoms with Crippen LogP contribution in [-0.4, -0.2) is 56.1 Å². The number of sulfonamides is 1. The Bertz CT molecular complexity index is 1150. The quantitative estimate of drug-likeness (QED) is 0.659. The average Bonchev–Trinajstić information content (AvgIpc) is 2.75. The highest BCUT2D eigenvalue weighted by atomic mass is 35.5. The van der Waals surface area contributed by atoms with Crippen molar-refractivity contribution in [3.63, 3.8) is 0 Å². The minimum absolute atomic E-state index is 0.159. The van der Waals surface area contributed by atoms with Gasteiger partial charge in [-0.15, -0.1) is 0 Å². The van der Waals surface area contributed by atoms with Crippen molar-refractivity contribution >= 4 is 44.0 Å². The first kappa shape index (κ1) is 19.8. The Morgan fingerprint density at radius 1 is 1.14 bits per heavy atom. The van der Waals surface area contributed by atoms with Gasteiger partial charge in [0.05, 0.1) is 41.4 Å². The van der Waals surface area contributed by atoms with E-state index in [2.05, 4.69) is 15.3 Å². The van der Waals surface area contributed by atoms with Crippen LogP contribution < -0.4 is 10.1 Å². The molecule has 1 aromatic heterocycles. The van der Waals surface area contributed by atoms with E-state index >= 15 is 0 Å². The van der Waals surface area contributed by atoms with Gasteiger partial charge in [-0.25, -0.2) is 18.4 Å². The first-order valence-corrected chi connectivity index (χ1v) is 10.7. The molecule has 0 atom stereocenters. The first-order chi connectivity index (χ1) is 14.0. The van der Waals surface area contributed by atoms with Gasteiger partial charge < -0.3 is 14.8 Å². The zero-order chi connectivity index (χ0) is 20.4. The summed E-state index contributed by atoms with van der Waals surface area (Å²) >= 11 is 6.33. The lowest BCUT2D eigenvalue weighted by Gasteiger charge is -2.26. The summed E-state index contributed by atoms with van der Waals surface area (Å²) in [4.78, 5) is 8.70. The van der Waals surface area contributed by atoms with Gasteiger partial charge in [0.25, 0.3) is 0 Å². The Labute approximate surface area is 173 Å². The zero-order valence-corrected chi connectivity index (χ0v) is 17.2. The number of anilines is 2. The van der Waals surface area contributed by atoms with Crippen LogP contribution in [0, 0.1) is 0 Å². The van der Waals surface area contributed by atoms with E-state index in [-0.39, 0.29) is 4.90 Å². The summed E-state index contributed by atoms with van der Waals surface area (Å²) in [6.45, 7) is 1.42. The van der Waals surface area contributed by atoms with E-state index in [0.29, 0.717) is 54.1 Å². The number of nitrogens with zero attached hydrogens (tertiary/aromatic N) is 3. The van der Waals surface area contributed by atoms with Gasteiger partial charge in [-0.1, -0.05) is 11.6 Å². The fraction of sp³-hybridized carbons (Fsp3) is 0.263. The molecule has 0 aliphatic carbocycles. The van der Waals surface area contributed by atoms with Crippen molar-refractivity contribution in [2.75, 3.05) is 38.7 Å². The second-order valence-corrected chi connectivity index (χ2v) is 8.73. The van der Waals surface area contributed by atoms with Crippen LogP contribution in [0.5, 0.6) is 5.75 Å². The number of fused-ring (bicyclic) bond motifs is 1. The molecule has 4 rings (SSSR count). The maximum atomic E-state index is 12.9. The summed E-state index contributed by atoms with van der Waals surface area (Å²) in [5, 5.41) is 4.27. The van der Waals surface area contributed by atoms with Gasteiger partial charge in [-0.3, -0.25) is 0 Å². The van der Waals surface area contributed by atoms with Crippen molar-refractivity contribution in [2.24, 2.45) is 0 Å². The van der Waals surface area contributed by atoms with Crippen molar-refractivity contribution in [2.45, 2.75) is 4.90 Å². The lowest BCUT2D eigenvalue weighted by atomic mass is 10.2. The topological polar surface area (TPSA) is 93.7 Å². The summed E-state index contributed by atoms with van der Waals surface area (Å²) in [5.41, 5.74) is 1.13. The minimum atomic E-state index is -3.64. The van der Waals surface area contributed by atoms with Crippen LogP contribution in [-0.2, 0) is 14.8 Å². The van der Waals surface area contributed by atoms with Gasteiger partial charge in [-0.05, 0) is 30.3 Å². The van der Waals surface area contributed by atoms with E-state index in [4.69, 9.17) is 21.1 Å². The normalized spacial score (nSPS) is 15.4. The molecule has 8 nitrogen and oxygen atoms in total. The Kier molecular flexibility index (Phi) is 5.55. The smallest absolute Gasteiger partial charge is 0.243 e.